The van der Waals surface area contributed by atoms with Gasteiger partial charge in [0.2, 0.25) is 5.89 Å². The third kappa shape index (κ3) is 2.70. The van der Waals surface area contributed by atoms with Crippen molar-refractivity contribution in [2.24, 2.45) is 5.73 Å². The van der Waals surface area contributed by atoms with Crippen LogP contribution in [0.3, 0.4) is 0 Å². The molecule has 7 heteroatoms. The minimum absolute atomic E-state index is 0.247. The van der Waals surface area contributed by atoms with Gasteiger partial charge in [-0.15, -0.1) is 15.3 Å². The first kappa shape index (κ1) is 13.8. The van der Waals surface area contributed by atoms with Crippen LogP contribution in [0, 0.1) is 0 Å². The Labute approximate surface area is 126 Å². The number of rotatable bonds is 4. The first-order chi connectivity index (χ1) is 10.2. The molecule has 0 aliphatic heterocycles. The summed E-state index contributed by atoms with van der Waals surface area (Å²) in [7, 11) is 0. The number of hydrogen-bond donors (Lipinski definition) is 1. The highest BCUT2D eigenvalue weighted by molar-refractivity contribution is 7.09. The molecule has 3 rings (SSSR count). The summed E-state index contributed by atoms with van der Waals surface area (Å²) < 4.78 is 9.68. The molecule has 0 radical (unpaired) electrons. The Morgan fingerprint density at radius 2 is 1.86 bits per heavy atom. The smallest absolute Gasteiger partial charge is 0.261 e. The van der Waals surface area contributed by atoms with E-state index in [1.165, 1.54) is 11.5 Å². The maximum absolute atomic E-state index is 6.16. The van der Waals surface area contributed by atoms with Gasteiger partial charge >= 0.3 is 0 Å². The maximum Gasteiger partial charge on any atom is 0.261 e. The first-order valence-corrected chi connectivity index (χ1v) is 7.40. The molecule has 2 heterocycles. The lowest BCUT2D eigenvalue weighted by Crippen LogP contribution is -2.11. The third-order valence-corrected chi connectivity index (χ3v) is 3.85. The van der Waals surface area contributed by atoms with Gasteiger partial charge in [-0.2, -0.15) is 0 Å². The summed E-state index contributed by atoms with van der Waals surface area (Å²) in [4.78, 5) is 0.809. The van der Waals surface area contributed by atoms with E-state index in [0.29, 0.717) is 11.8 Å². The van der Waals surface area contributed by atoms with Crippen molar-refractivity contribution >= 4 is 11.5 Å². The topological polar surface area (TPSA) is 90.7 Å². The van der Waals surface area contributed by atoms with Crippen molar-refractivity contribution in [3.05, 3.63) is 47.5 Å². The molecule has 0 saturated heterocycles. The highest BCUT2D eigenvalue weighted by atomic mass is 32.1. The molecule has 0 spiro atoms. The summed E-state index contributed by atoms with van der Waals surface area (Å²) in [6.45, 7) is 4.10. The third-order valence-electron chi connectivity index (χ3n) is 3.12. The molecule has 2 aromatic heterocycles. The van der Waals surface area contributed by atoms with Crippen LogP contribution in [0.15, 0.2) is 34.7 Å². The van der Waals surface area contributed by atoms with Crippen LogP contribution in [0.1, 0.15) is 43.0 Å². The Hall–Kier alpha value is -2.12. The molecule has 1 atom stereocenters. The van der Waals surface area contributed by atoms with Crippen LogP contribution in [0.2, 0.25) is 0 Å². The summed E-state index contributed by atoms with van der Waals surface area (Å²) in [5, 5.41) is 12.3. The quantitative estimate of drug-likeness (QED) is 0.796. The van der Waals surface area contributed by atoms with Crippen LogP contribution >= 0.6 is 11.5 Å². The second kappa shape index (κ2) is 5.71. The van der Waals surface area contributed by atoms with Gasteiger partial charge in [0.05, 0.1) is 5.69 Å². The van der Waals surface area contributed by atoms with Crippen molar-refractivity contribution in [2.75, 3.05) is 0 Å². The molecule has 108 valence electrons. The van der Waals surface area contributed by atoms with Crippen LogP contribution in [0.4, 0.5) is 0 Å². The van der Waals surface area contributed by atoms with E-state index in [1.807, 2.05) is 44.2 Å². The number of nitrogens with zero attached hydrogens (tertiary/aromatic N) is 4. The highest BCUT2D eigenvalue weighted by Crippen LogP contribution is 2.31. The van der Waals surface area contributed by atoms with Gasteiger partial charge in [-0.25, -0.2) is 0 Å². The van der Waals surface area contributed by atoms with Crippen molar-refractivity contribution in [1.29, 1.82) is 0 Å². The normalized spacial score (nSPS) is 12.8. The van der Waals surface area contributed by atoms with E-state index in [4.69, 9.17) is 10.2 Å². The van der Waals surface area contributed by atoms with Gasteiger partial charge in [-0.1, -0.05) is 48.7 Å². The molecule has 0 fully saturated rings. The minimum atomic E-state index is -0.434. The molecule has 0 aliphatic rings. The fourth-order valence-corrected chi connectivity index (χ4v) is 2.72. The van der Waals surface area contributed by atoms with Gasteiger partial charge in [0.15, 0.2) is 0 Å². The largest absolute Gasteiger partial charge is 0.418 e. The predicted molar refractivity (Wildman–Crippen MR) is 79.8 cm³/mol. The van der Waals surface area contributed by atoms with Crippen LogP contribution in [0.5, 0.6) is 0 Å². The van der Waals surface area contributed by atoms with E-state index in [-0.39, 0.29) is 5.92 Å². The summed E-state index contributed by atoms with van der Waals surface area (Å²) in [6.07, 6.45) is 0. The molecule has 6 nitrogen and oxygen atoms in total. The lowest BCUT2D eigenvalue weighted by atomic mass is 10.1. The van der Waals surface area contributed by atoms with Crippen molar-refractivity contribution < 1.29 is 4.42 Å². The second-order valence-corrected chi connectivity index (χ2v) is 5.73. The Bertz CT molecular complexity index is 722. The number of aromatic nitrogens is 4. The van der Waals surface area contributed by atoms with E-state index in [9.17, 15) is 0 Å². The van der Waals surface area contributed by atoms with E-state index >= 15 is 0 Å². The monoisotopic (exact) mass is 301 g/mol. The van der Waals surface area contributed by atoms with Crippen molar-refractivity contribution in [3.8, 4) is 10.8 Å². The molecule has 3 aromatic rings. The first-order valence-electron chi connectivity index (χ1n) is 6.63. The number of hydrogen-bond acceptors (Lipinski definition) is 7. The van der Waals surface area contributed by atoms with Crippen molar-refractivity contribution in [3.63, 3.8) is 0 Å². The zero-order chi connectivity index (χ0) is 14.8. The second-order valence-electron chi connectivity index (χ2n) is 4.98. The van der Waals surface area contributed by atoms with Gasteiger partial charge in [0.1, 0.15) is 10.9 Å². The highest BCUT2D eigenvalue weighted by Gasteiger charge is 2.22. The van der Waals surface area contributed by atoms with Crippen LogP contribution in [-0.2, 0) is 0 Å². The summed E-state index contributed by atoms with van der Waals surface area (Å²) in [6, 6.07) is 9.22. The van der Waals surface area contributed by atoms with E-state index in [0.717, 1.165) is 16.1 Å². The van der Waals surface area contributed by atoms with Crippen LogP contribution in [-0.4, -0.2) is 19.8 Å². The molecule has 0 saturated carbocycles. The minimum Gasteiger partial charge on any atom is -0.418 e. The average molecular weight is 301 g/mol. The van der Waals surface area contributed by atoms with Crippen LogP contribution < -0.4 is 5.73 Å². The van der Waals surface area contributed by atoms with Crippen molar-refractivity contribution in [1.82, 2.24) is 19.8 Å². The standard InChI is InChI=1S/C14H15N5OS/c1-8(2)11-12(21-19-16-11)14-18-17-13(20-14)10(15)9-6-4-3-5-7-9/h3-8,10H,15H2,1-2H3. The van der Waals surface area contributed by atoms with E-state index in [1.54, 1.807) is 0 Å². The fourth-order valence-electron chi connectivity index (χ4n) is 1.98. The molecule has 2 N–H and O–H groups in total. The lowest BCUT2D eigenvalue weighted by molar-refractivity contribution is 0.484. The lowest BCUT2D eigenvalue weighted by Gasteiger charge is -2.06. The molecule has 0 aliphatic carbocycles. The molecule has 21 heavy (non-hydrogen) atoms. The van der Waals surface area contributed by atoms with Gasteiger partial charge in [0.25, 0.3) is 5.89 Å². The van der Waals surface area contributed by atoms with Crippen LogP contribution in [0.25, 0.3) is 10.8 Å². The zero-order valence-electron chi connectivity index (χ0n) is 11.7. The fraction of sp³-hybridized carbons (Fsp3) is 0.286. The van der Waals surface area contributed by atoms with Gasteiger partial charge in [-0.05, 0) is 23.0 Å². The number of nitrogens with two attached hydrogens (primary N) is 1. The Kier molecular flexibility index (Phi) is 3.76. The predicted octanol–water partition coefficient (Wildman–Crippen LogP) is 2.76. The number of benzene rings is 1. The summed E-state index contributed by atoms with van der Waals surface area (Å²) in [5.41, 5.74) is 7.95. The molecular formula is C14H15N5OS. The molecule has 0 amide bonds. The van der Waals surface area contributed by atoms with Gasteiger partial charge < -0.3 is 10.2 Å². The Balaban J connectivity index is 1.92. The molecule has 1 unspecified atom stereocenters. The summed E-state index contributed by atoms with van der Waals surface area (Å²) in [5.74, 6) is 1.06. The Morgan fingerprint density at radius 1 is 1.10 bits per heavy atom. The average Bonchev–Trinajstić information content (AvgIpc) is 3.16. The summed E-state index contributed by atoms with van der Waals surface area (Å²) >= 11 is 1.25. The molecule has 0 bridgehead atoms. The SMILES string of the molecule is CC(C)c1nnsc1-c1nnc(C(N)c2ccccc2)o1. The molecule has 1 aromatic carbocycles. The van der Waals surface area contributed by atoms with Gasteiger partial charge in [-0.3, -0.25) is 0 Å². The van der Waals surface area contributed by atoms with Crippen molar-refractivity contribution in [2.45, 2.75) is 25.8 Å². The zero-order valence-corrected chi connectivity index (χ0v) is 12.5. The Morgan fingerprint density at radius 3 is 2.57 bits per heavy atom. The molecular weight excluding hydrogens is 286 g/mol. The van der Waals surface area contributed by atoms with E-state index < -0.39 is 6.04 Å². The maximum atomic E-state index is 6.16. The van der Waals surface area contributed by atoms with Gasteiger partial charge in [0, 0.05) is 0 Å². The van der Waals surface area contributed by atoms with E-state index in [2.05, 4.69) is 19.8 Å².